The lowest BCUT2D eigenvalue weighted by Crippen LogP contribution is -2.09. The van der Waals surface area contributed by atoms with Gasteiger partial charge in [0.05, 0.1) is 12.2 Å². The van der Waals surface area contributed by atoms with Crippen LogP contribution in [0.5, 0.6) is 17.2 Å². The van der Waals surface area contributed by atoms with Crippen molar-refractivity contribution < 1.29 is 29.3 Å². The molecule has 2 aromatic rings. The van der Waals surface area contributed by atoms with Crippen LogP contribution in [0.25, 0.3) is 33.4 Å². The fourth-order valence-electron chi connectivity index (χ4n) is 3.73. The second-order valence-corrected chi connectivity index (χ2v) is 7.60. The lowest BCUT2D eigenvalue weighted by molar-refractivity contribution is 0.0499. The highest BCUT2D eigenvalue weighted by atomic mass is 16.5. The Bertz CT molecular complexity index is 1380. The van der Waals surface area contributed by atoms with Crippen LogP contribution in [0.3, 0.4) is 0 Å². The van der Waals surface area contributed by atoms with Gasteiger partial charge in [0, 0.05) is 28.6 Å². The van der Waals surface area contributed by atoms with Crippen LogP contribution in [0.15, 0.2) is 70.4 Å². The molecule has 0 spiro atoms. The van der Waals surface area contributed by atoms with Gasteiger partial charge >= 0.3 is 5.97 Å². The summed E-state index contributed by atoms with van der Waals surface area (Å²) < 4.78 is 11.2. The number of fused-ring (bicyclic) bond motifs is 2. The van der Waals surface area contributed by atoms with Crippen molar-refractivity contribution in [2.24, 2.45) is 0 Å². The molecule has 0 amide bonds. The summed E-state index contributed by atoms with van der Waals surface area (Å²) in [6.45, 7) is 3.92. The molecule has 1 heterocycles. The molecular weight excluding hydrogens is 424 g/mol. The topological polar surface area (TPSA) is 117 Å². The molecule has 7 heteroatoms. The Morgan fingerprint density at radius 1 is 0.970 bits per heavy atom. The van der Waals surface area contributed by atoms with Gasteiger partial charge in [-0.05, 0) is 43.0 Å². The number of carbonyl (C=O) groups excluding carboxylic acids is 1. The molecule has 1 aliphatic carbocycles. The van der Waals surface area contributed by atoms with Crippen LogP contribution in [0.1, 0.15) is 29.6 Å². The highest BCUT2D eigenvalue weighted by Crippen LogP contribution is 2.44. The van der Waals surface area contributed by atoms with Crippen LogP contribution >= 0.6 is 0 Å². The Kier molecular flexibility index (Phi) is 6.04. The maximum Gasteiger partial charge on any atom is 0.338 e. The zero-order valence-corrected chi connectivity index (χ0v) is 17.7. The number of hydrogen-bond acceptors (Lipinski definition) is 7. The number of phenolic OH excluding ortho intramolecular Hbond substituents is 3. The summed E-state index contributed by atoms with van der Waals surface area (Å²) in [5, 5.41) is 30.6. The lowest BCUT2D eigenvalue weighted by Gasteiger charge is -2.18. The molecule has 0 saturated heterocycles. The smallest absolute Gasteiger partial charge is 0.338 e. The van der Waals surface area contributed by atoms with Gasteiger partial charge in [-0.3, -0.25) is 4.79 Å². The predicted molar refractivity (Wildman–Crippen MR) is 124 cm³/mol. The van der Waals surface area contributed by atoms with Crippen molar-refractivity contribution in [3.8, 4) is 39.7 Å². The highest BCUT2D eigenvalue weighted by Gasteiger charge is 2.24. The van der Waals surface area contributed by atoms with E-state index in [4.69, 9.17) is 9.15 Å². The monoisotopic (exact) mass is 446 g/mol. The predicted octanol–water partition coefficient (Wildman–Crippen LogP) is 5.19. The van der Waals surface area contributed by atoms with E-state index in [0.29, 0.717) is 28.5 Å². The molecule has 2 aliphatic rings. The van der Waals surface area contributed by atoms with Crippen molar-refractivity contribution in [2.45, 2.75) is 19.3 Å². The molecule has 0 bridgehead atoms. The zero-order chi connectivity index (χ0) is 23.5. The summed E-state index contributed by atoms with van der Waals surface area (Å²) >= 11 is 0. The summed E-state index contributed by atoms with van der Waals surface area (Å²) in [7, 11) is 0. The average Bonchev–Trinajstić information content (AvgIpc) is 2.80. The molecule has 33 heavy (non-hydrogen) atoms. The Morgan fingerprint density at radius 2 is 1.73 bits per heavy atom. The van der Waals surface area contributed by atoms with Crippen LogP contribution in [0.4, 0.5) is 0 Å². The fraction of sp³-hybridized carbons (Fsp3) is 0.154. The molecule has 2 aromatic carbocycles. The molecule has 4 rings (SSSR count). The second-order valence-electron chi connectivity index (χ2n) is 7.60. The number of esters is 1. The first-order chi connectivity index (χ1) is 15.9. The molecule has 0 atom stereocenters. The van der Waals surface area contributed by atoms with Gasteiger partial charge in [0.2, 0.25) is 5.43 Å². The van der Waals surface area contributed by atoms with Crippen LogP contribution in [0.2, 0.25) is 0 Å². The van der Waals surface area contributed by atoms with Gasteiger partial charge in [0.25, 0.3) is 0 Å². The van der Waals surface area contributed by atoms with Gasteiger partial charge in [-0.15, -0.1) is 6.58 Å². The minimum absolute atomic E-state index is 0.151. The molecule has 3 N–H and O–H groups in total. The third-order valence-corrected chi connectivity index (χ3v) is 5.35. The van der Waals surface area contributed by atoms with Gasteiger partial charge < -0.3 is 24.5 Å². The van der Waals surface area contributed by atoms with E-state index in [1.165, 1.54) is 18.2 Å². The van der Waals surface area contributed by atoms with Crippen molar-refractivity contribution in [1.29, 1.82) is 0 Å². The van der Waals surface area contributed by atoms with Crippen molar-refractivity contribution in [3.63, 3.8) is 0 Å². The largest absolute Gasteiger partial charge is 0.504 e. The molecular formula is C26H22O7. The summed E-state index contributed by atoms with van der Waals surface area (Å²) in [6.07, 6.45) is 4.20. The lowest BCUT2D eigenvalue weighted by atomic mass is 9.90. The van der Waals surface area contributed by atoms with Crippen LogP contribution in [-0.4, -0.2) is 27.9 Å². The van der Waals surface area contributed by atoms with Gasteiger partial charge in [-0.1, -0.05) is 24.3 Å². The minimum atomic E-state index is -0.633. The van der Waals surface area contributed by atoms with Crippen molar-refractivity contribution in [1.82, 2.24) is 0 Å². The summed E-state index contributed by atoms with van der Waals surface area (Å²) in [5.41, 5.74) is 1.08. The van der Waals surface area contributed by atoms with Gasteiger partial charge in [0.1, 0.15) is 11.3 Å². The number of carbonyl (C=O) groups is 1. The minimum Gasteiger partial charge on any atom is -0.504 e. The van der Waals surface area contributed by atoms with E-state index in [0.717, 1.165) is 18.9 Å². The van der Waals surface area contributed by atoms with Gasteiger partial charge in [-0.2, -0.15) is 0 Å². The molecule has 7 nitrogen and oxygen atoms in total. The molecule has 0 fully saturated rings. The van der Waals surface area contributed by atoms with Crippen molar-refractivity contribution >= 4 is 16.9 Å². The first kappa shape index (κ1) is 22.0. The van der Waals surface area contributed by atoms with Gasteiger partial charge in [0.15, 0.2) is 17.2 Å². The number of phenols is 3. The Morgan fingerprint density at radius 3 is 2.52 bits per heavy atom. The number of allylic oxidation sites excluding steroid dienone is 1. The van der Waals surface area contributed by atoms with E-state index in [1.54, 1.807) is 24.3 Å². The van der Waals surface area contributed by atoms with E-state index in [-0.39, 0.29) is 29.3 Å². The third kappa shape index (κ3) is 4.25. The molecule has 1 aliphatic heterocycles. The van der Waals surface area contributed by atoms with E-state index >= 15 is 0 Å². The zero-order valence-electron chi connectivity index (χ0n) is 17.7. The SMILES string of the molecule is C=CCCCCOC(=O)c1ccccc1-c1c2cc(O)c(=O)cc-2oc2cc(O)c(O)cc12. The fourth-order valence-corrected chi connectivity index (χ4v) is 3.73. The van der Waals surface area contributed by atoms with Crippen LogP contribution < -0.4 is 5.43 Å². The number of benzene rings is 3. The maximum absolute atomic E-state index is 12.9. The molecule has 0 saturated carbocycles. The number of hydrogen-bond donors (Lipinski definition) is 3. The third-order valence-electron chi connectivity index (χ3n) is 5.35. The van der Waals surface area contributed by atoms with E-state index in [9.17, 15) is 24.9 Å². The summed E-state index contributed by atoms with van der Waals surface area (Å²) in [5.74, 6) is -1.64. The molecule has 0 radical (unpaired) electrons. The summed E-state index contributed by atoms with van der Waals surface area (Å²) in [6, 6.07) is 11.7. The second kappa shape index (κ2) is 9.08. The highest BCUT2D eigenvalue weighted by molar-refractivity contribution is 6.08. The van der Waals surface area contributed by atoms with Crippen LogP contribution in [-0.2, 0) is 4.74 Å². The molecule has 0 aromatic heterocycles. The Labute approximate surface area is 189 Å². The van der Waals surface area contributed by atoms with Crippen molar-refractivity contribution in [2.75, 3.05) is 6.61 Å². The normalized spacial score (nSPS) is 11.0. The number of unbranched alkanes of at least 4 members (excludes halogenated alkanes) is 2. The van der Waals surface area contributed by atoms with Crippen LogP contribution in [0, 0.1) is 0 Å². The Balaban J connectivity index is 1.91. The Hall–Kier alpha value is -4.26. The number of ether oxygens (including phenoxy) is 1. The average molecular weight is 446 g/mol. The molecule has 0 unspecified atom stereocenters. The first-order valence-corrected chi connectivity index (χ1v) is 10.4. The van der Waals surface area contributed by atoms with E-state index in [2.05, 4.69) is 6.58 Å². The standard InChI is InChI=1S/C26H22O7/c1-2-3-4-7-10-32-26(31)16-9-6-5-8-15(16)25-17-11-19(27)21(29)13-23(17)33-24-14-22(30)20(28)12-18(24)25/h2,5-6,8-9,11-14,27-29H,1,3-4,7,10H2. The van der Waals surface area contributed by atoms with Gasteiger partial charge in [-0.25, -0.2) is 4.79 Å². The number of rotatable bonds is 7. The van der Waals surface area contributed by atoms with E-state index < -0.39 is 22.9 Å². The molecule has 168 valence electrons. The summed E-state index contributed by atoms with van der Waals surface area (Å²) in [4.78, 5) is 25.0. The van der Waals surface area contributed by atoms with E-state index in [1.807, 2.05) is 6.08 Å². The first-order valence-electron chi connectivity index (χ1n) is 10.4. The van der Waals surface area contributed by atoms with Crippen molar-refractivity contribution in [3.05, 3.63) is 77.0 Å². The number of aromatic hydroxyl groups is 3. The quantitative estimate of drug-likeness (QED) is 0.117. The maximum atomic E-state index is 12.9.